The van der Waals surface area contributed by atoms with E-state index in [9.17, 15) is 14.4 Å². The average Bonchev–Trinajstić information content (AvgIpc) is 3.23. The molecule has 0 aliphatic carbocycles. The van der Waals surface area contributed by atoms with Crippen LogP contribution in [-0.4, -0.2) is 32.9 Å². The number of halogens is 1. The van der Waals surface area contributed by atoms with Gasteiger partial charge in [0.1, 0.15) is 5.82 Å². The number of anilines is 1. The lowest BCUT2D eigenvalue weighted by Gasteiger charge is -2.14. The highest BCUT2D eigenvalue weighted by Gasteiger charge is 2.14. The summed E-state index contributed by atoms with van der Waals surface area (Å²) in [4.78, 5) is 42.9. The number of benzene rings is 2. The van der Waals surface area contributed by atoms with E-state index in [0.717, 1.165) is 5.56 Å². The van der Waals surface area contributed by atoms with E-state index < -0.39 is 11.8 Å². The van der Waals surface area contributed by atoms with E-state index in [1.54, 1.807) is 43.3 Å². The van der Waals surface area contributed by atoms with E-state index in [1.165, 1.54) is 17.7 Å². The number of H-pyrrole nitrogens is 1. The largest absolute Gasteiger partial charge is 0.453 e. The van der Waals surface area contributed by atoms with Crippen LogP contribution in [0.1, 0.15) is 11.4 Å². The quantitative estimate of drug-likeness (QED) is 0.459. The fourth-order valence-corrected chi connectivity index (χ4v) is 3.48. The monoisotopic (exact) mass is 467 g/mol. The minimum atomic E-state index is -0.670. The van der Waals surface area contributed by atoms with Crippen LogP contribution in [0.15, 0.2) is 62.6 Å². The fraction of sp³-hybridized carbons (Fsp3) is 0.136. The third-order valence-electron chi connectivity index (χ3n) is 4.86. The summed E-state index contributed by atoms with van der Waals surface area (Å²) in [5.74, 6) is 0.120. The summed E-state index contributed by atoms with van der Waals surface area (Å²) in [5, 5.41) is 6.67. The molecule has 0 aliphatic heterocycles. The highest BCUT2D eigenvalue weighted by molar-refractivity contribution is 6.31. The maximum absolute atomic E-state index is 13.0. The summed E-state index contributed by atoms with van der Waals surface area (Å²) in [6.07, 6.45) is -0.670. The van der Waals surface area contributed by atoms with Gasteiger partial charge in [-0.1, -0.05) is 35.0 Å². The van der Waals surface area contributed by atoms with Gasteiger partial charge < -0.3 is 4.74 Å². The summed E-state index contributed by atoms with van der Waals surface area (Å²) in [7, 11) is 1.25. The summed E-state index contributed by atoms with van der Waals surface area (Å²) in [6.45, 7) is 1.97. The number of nitrogens with zero attached hydrogens (tertiary/aromatic N) is 3. The molecule has 0 saturated heterocycles. The third kappa shape index (κ3) is 4.85. The number of hydrogen-bond donors (Lipinski definition) is 2. The van der Waals surface area contributed by atoms with Crippen molar-refractivity contribution in [3.63, 3.8) is 0 Å². The van der Waals surface area contributed by atoms with E-state index in [2.05, 4.69) is 29.7 Å². The maximum Gasteiger partial charge on any atom is 0.439 e. The molecule has 4 rings (SSSR count). The van der Waals surface area contributed by atoms with Gasteiger partial charge in [0.2, 0.25) is 0 Å². The van der Waals surface area contributed by atoms with Gasteiger partial charge in [0.25, 0.3) is 5.56 Å². The second kappa shape index (κ2) is 9.13. The molecule has 0 saturated carbocycles. The van der Waals surface area contributed by atoms with Crippen LogP contribution >= 0.6 is 11.6 Å². The molecule has 0 unspecified atom stereocenters. The summed E-state index contributed by atoms with van der Waals surface area (Å²) >= 11 is 6.06. The lowest BCUT2D eigenvalue weighted by molar-refractivity contribution is 0.187. The molecule has 4 aromatic rings. The number of aromatic amines is 1. The number of methoxy groups -OCH3 is 1. The minimum absolute atomic E-state index is 0.252. The molecule has 0 aliphatic rings. The average molecular weight is 468 g/mol. The van der Waals surface area contributed by atoms with Gasteiger partial charge >= 0.3 is 11.8 Å². The van der Waals surface area contributed by atoms with Gasteiger partial charge in [-0.25, -0.2) is 14.6 Å². The SMILES string of the molecule is COC(=O)Nc1cc(Cl)ccc1-c1cc(=O)n(Cc2cccc(-c3noc(=O)[nH]3)c2)c(C)n1. The molecular formula is C22H18ClN5O5. The van der Waals surface area contributed by atoms with Crippen LogP contribution in [0, 0.1) is 6.92 Å². The molecular weight excluding hydrogens is 450 g/mol. The first-order valence-electron chi connectivity index (χ1n) is 9.72. The topological polar surface area (TPSA) is 132 Å². The molecule has 0 spiro atoms. The number of rotatable bonds is 5. The first kappa shape index (κ1) is 22.0. The van der Waals surface area contributed by atoms with Crippen LogP contribution in [0.4, 0.5) is 10.5 Å². The molecule has 0 fully saturated rings. The van der Waals surface area contributed by atoms with Crippen molar-refractivity contribution in [2.75, 3.05) is 12.4 Å². The second-order valence-electron chi connectivity index (χ2n) is 7.06. The van der Waals surface area contributed by atoms with E-state index in [1.807, 2.05) is 6.07 Å². The molecule has 33 heavy (non-hydrogen) atoms. The number of carbonyl (C=O) groups is 1. The first-order chi connectivity index (χ1) is 15.8. The highest BCUT2D eigenvalue weighted by Crippen LogP contribution is 2.29. The van der Waals surface area contributed by atoms with E-state index in [-0.39, 0.29) is 12.1 Å². The molecule has 0 atom stereocenters. The zero-order chi connectivity index (χ0) is 23.5. The van der Waals surface area contributed by atoms with Crippen molar-refractivity contribution >= 4 is 23.4 Å². The van der Waals surface area contributed by atoms with Crippen LogP contribution in [0.5, 0.6) is 0 Å². The Labute approximate surface area is 191 Å². The normalized spacial score (nSPS) is 10.8. The Morgan fingerprint density at radius 3 is 2.73 bits per heavy atom. The summed E-state index contributed by atoms with van der Waals surface area (Å²) < 4.78 is 10.7. The number of hydrogen-bond acceptors (Lipinski definition) is 7. The molecule has 168 valence electrons. The Hall–Kier alpha value is -4.18. The highest BCUT2D eigenvalue weighted by atomic mass is 35.5. The zero-order valence-corrected chi connectivity index (χ0v) is 18.3. The fourth-order valence-electron chi connectivity index (χ4n) is 3.31. The van der Waals surface area contributed by atoms with Gasteiger partial charge in [0.15, 0.2) is 5.82 Å². The van der Waals surface area contributed by atoms with Crippen molar-refractivity contribution in [1.82, 2.24) is 19.7 Å². The van der Waals surface area contributed by atoms with Crippen LogP contribution in [0.2, 0.25) is 5.02 Å². The Morgan fingerprint density at radius 1 is 1.21 bits per heavy atom. The van der Waals surface area contributed by atoms with Crippen molar-refractivity contribution in [2.45, 2.75) is 13.5 Å². The molecule has 2 aromatic heterocycles. The number of aromatic nitrogens is 4. The van der Waals surface area contributed by atoms with E-state index in [4.69, 9.17) is 11.6 Å². The second-order valence-corrected chi connectivity index (χ2v) is 7.50. The molecule has 1 amide bonds. The van der Waals surface area contributed by atoms with Gasteiger partial charge in [-0.15, -0.1) is 0 Å². The van der Waals surface area contributed by atoms with Crippen molar-refractivity contribution in [1.29, 1.82) is 0 Å². The molecule has 2 N–H and O–H groups in total. The van der Waals surface area contributed by atoms with Gasteiger partial charge in [-0.2, -0.15) is 0 Å². The van der Waals surface area contributed by atoms with E-state index >= 15 is 0 Å². The zero-order valence-electron chi connectivity index (χ0n) is 17.6. The predicted molar refractivity (Wildman–Crippen MR) is 121 cm³/mol. The molecule has 0 bridgehead atoms. The van der Waals surface area contributed by atoms with Crippen molar-refractivity contribution in [2.24, 2.45) is 0 Å². The Morgan fingerprint density at radius 2 is 2.03 bits per heavy atom. The summed E-state index contributed by atoms with van der Waals surface area (Å²) in [6, 6.07) is 13.4. The predicted octanol–water partition coefficient (Wildman–Crippen LogP) is 3.44. The Kier molecular flexibility index (Phi) is 6.09. The molecule has 2 heterocycles. The van der Waals surface area contributed by atoms with Crippen molar-refractivity contribution < 1.29 is 14.1 Å². The molecule has 2 aromatic carbocycles. The Bertz CT molecular complexity index is 1460. The van der Waals surface area contributed by atoms with Crippen molar-refractivity contribution in [3.8, 4) is 22.6 Å². The molecule has 0 radical (unpaired) electrons. The van der Waals surface area contributed by atoms with Gasteiger partial charge in [0.05, 0.1) is 25.0 Å². The molecule has 11 heteroatoms. The van der Waals surface area contributed by atoms with Crippen LogP contribution in [-0.2, 0) is 11.3 Å². The standard InChI is InChI=1S/C22H18ClN5O5/c1-12-24-18(16-7-6-15(23)9-17(16)25-21(30)32-2)10-19(29)28(12)11-13-4-3-5-14(8-13)20-26-22(31)33-27-20/h3-10H,11H2,1-2H3,(H,25,30)(H,26,27,31). The van der Waals surface area contributed by atoms with Crippen LogP contribution < -0.4 is 16.6 Å². The Balaban J connectivity index is 1.68. The number of amides is 1. The van der Waals surface area contributed by atoms with Gasteiger partial charge in [0, 0.05) is 22.2 Å². The number of nitrogens with one attached hydrogen (secondary N) is 2. The minimum Gasteiger partial charge on any atom is -0.453 e. The lowest BCUT2D eigenvalue weighted by Crippen LogP contribution is -2.24. The van der Waals surface area contributed by atoms with E-state index in [0.29, 0.717) is 39.2 Å². The lowest BCUT2D eigenvalue weighted by atomic mass is 10.1. The van der Waals surface area contributed by atoms with Gasteiger partial charge in [-0.3, -0.25) is 24.2 Å². The van der Waals surface area contributed by atoms with Crippen LogP contribution in [0.25, 0.3) is 22.6 Å². The smallest absolute Gasteiger partial charge is 0.439 e. The van der Waals surface area contributed by atoms with Crippen LogP contribution in [0.3, 0.4) is 0 Å². The molecule has 10 nitrogen and oxygen atoms in total. The summed E-state index contributed by atoms with van der Waals surface area (Å²) in [5.41, 5.74) is 2.44. The first-order valence-corrected chi connectivity index (χ1v) is 10.1. The number of carbonyl (C=O) groups excluding carboxylic acids is 1. The third-order valence-corrected chi connectivity index (χ3v) is 5.10. The maximum atomic E-state index is 13.0. The number of ether oxygens (including phenoxy) is 1. The van der Waals surface area contributed by atoms with Crippen molar-refractivity contribution in [3.05, 3.63) is 85.8 Å². The van der Waals surface area contributed by atoms with Gasteiger partial charge in [-0.05, 0) is 36.8 Å². The number of aryl methyl sites for hydroxylation is 1.